The van der Waals surface area contributed by atoms with Gasteiger partial charge in [-0.25, -0.2) is 0 Å². The van der Waals surface area contributed by atoms with Crippen molar-refractivity contribution in [2.75, 3.05) is 52.4 Å². The van der Waals surface area contributed by atoms with Gasteiger partial charge in [0.15, 0.2) is 0 Å². The Morgan fingerprint density at radius 1 is 1.00 bits per heavy atom. The first kappa shape index (κ1) is 11.4. The molecule has 88 valence electrons. The number of piperazine rings is 1. The summed E-state index contributed by atoms with van der Waals surface area (Å²) in [6.45, 7) is 12.6. The molecule has 2 heterocycles. The Bertz CT molecular complexity index is 172. The summed E-state index contributed by atoms with van der Waals surface area (Å²) in [5.74, 6) is 0.971. The predicted octanol–water partition coefficient (Wildman–Crippen LogP) is 0.624. The highest BCUT2D eigenvalue weighted by molar-refractivity contribution is 4.78. The van der Waals surface area contributed by atoms with E-state index in [1.165, 1.54) is 65.2 Å². The van der Waals surface area contributed by atoms with Gasteiger partial charge < -0.3 is 15.1 Å². The topological polar surface area (TPSA) is 18.5 Å². The minimum absolute atomic E-state index is 0.971. The van der Waals surface area contributed by atoms with Crippen LogP contribution in [0.25, 0.3) is 0 Å². The van der Waals surface area contributed by atoms with Crippen molar-refractivity contribution in [1.29, 1.82) is 0 Å². The predicted molar refractivity (Wildman–Crippen MR) is 64.1 cm³/mol. The Balaban J connectivity index is 1.56. The van der Waals surface area contributed by atoms with Crippen LogP contribution in [0.15, 0.2) is 0 Å². The molecule has 0 spiro atoms. The molecule has 2 rings (SSSR count). The highest BCUT2D eigenvalue weighted by atomic mass is 15.3. The fourth-order valence-corrected chi connectivity index (χ4v) is 2.47. The second-order valence-corrected chi connectivity index (χ2v) is 5.00. The van der Waals surface area contributed by atoms with Crippen molar-refractivity contribution >= 4 is 0 Å². The largest absolute Gasteiger partial charge is 0.316 e. The van der Waals surface area contributed by atoms with Gasteiger partial charge in [-0.15, -0.1) is 0 Å². The first-order valence-electron chi connectivity index (χ1n) is 6.54. The average Bonchev–Trinajstić information content (AvgIpc) is 2.19. The van der Waals surface area contributed by atoms with Gasteiger partial charge in [0.05, 0.1) is 0 Å². The molecule has 0 atom stereocenters. The van der Waals surface area contributed by atoms with Gasteiger partial charge in [0.2, 0.25) is 0 Å². The van der Waals surface area contributed by atoms with E-state index in [9.17, 15) is 0 Å². The summed E-state index contributed by atoms with van der Waals surface area (Å²) in [5, 5.41) is 3.35. The van der Waals surface area contributed by atoms with E-state index in [2.05, 4.69) is 22.0 Å². The zero-order chi connectivity index (χ0) is 10.5. The molecule has 0 unspecified atom stereocenters. The quantitative estimate of drug-likeness (QED) is 0.719. The summed E-state index contributed by atoms with van der Waals surface area (Å²) in [7, 11) is 0. The van der Waals surface area contributed by atoms with E-state index in [0.717, 1.165) is 5.92 Å². The SMILES string of the molecule is CCCN1CCN(CCC2CNC2)CC1. The van der Waals surface area contributed by atoms with Crippen molar-refractivity contribution in [2.24, 2.45) is 5.92 Å². The van der Waals surface area contributed by atoms with Crippen LogP contribution in [0.4, 0.5) is 0 Å². The third kappa shape index (κ3) is 3.44. The van der Waals surface area contributed by atoms with Gasteiger partial charge in [-0.1, -0.05) is 6.92 Å². The number of nitrogens with one attached hydrogen (secondary N) is 1. The monoisotopic (exact) mass is 211 g/mol. The molecule has 0 aliphatic carbocycles. The molecule has 3 nitrogen and oxygen atoms in total. The molecule has 0 radical (unpaired) electrons. The zero-order valence-electron chi connectivity index (χ0n) is 10.0. The molecule has 0 saturated carbocycles. The van der Waals surface area contributed by atoms with Crippen LogP contribution in [0.1, 0.15) is 19.8 Å². The van der Waals surface area contributed by atoms with Gasteiger partial charge in [0.1, 0.15) is 0 Å². The Hall–Kier alpha value is -0.120. The third-order valence-electron chi connectivity index (χ3n) is 3.72. The van der Waals surface area contributed by atoms with Crippen molar-refractivity contribution < 1.29 is 0 Å². The summed E-state index contributed by atoms with van der Waals surface area (Å²) in [6, 6.07) is 0. The minimum Gasteiger partial charge on any atom is -0.316 e. The van der Waals surface area contributed by atoms with Crippen LogP contribution < -0.4 is 5.32 Å². The summed E-state index contributed by atoms with van der Waals surface area (Å²) in [6.07, 6.45) is 2.70. The molecule has 1 N–H and O–H groups in total. The lowest BCUT2D eigenvalue weighted by Gasteiger charge is -2.36. The molecule has 15 heavy (non-hydrogen) atoms. The standard InChI is InChI=1S/C12H25N3/c1-2-4-14-6-8-15(9-7-14)5-3-12-10-13-11-12/h12-13H,2-11H2,1H3. The molecule has 0 aromatic heterocycles. The first-order chi connectivity index (χ1) is 7.38. The second kappa shape index (κ2) is 5.83. The Morgan fingerprint density at radius 2 is 1.60 bits per heavy atom. The Labute approximate surface area is 93.8 Å². The molecule has 2 aliphatic rings. The summed E-state index contributed by atoms with van der Waals surface area (Å²) >= 11 is 0. The lowest BCUT2D eigenvalue weighted by molar-refractivity contribution is 0.122. The molecule has 0 aromatic carbocycles. The maximum Gasteiger partial charge on any atom is 0.0110 e. The van der Waals surface area contributed by atoms with Crippen LogP contribution >= 0.6 is 0 Å². The van der Waals surface area contributed by atoms with Crippen molar-refractivity contribution in [3.05, 3.63) is 0 Å². The van der Waals surface area contributed by atoms with E-state index in [0.29, 0.717) is 0 Å². The Kier molecular flexibility index (Phi) is 4.42. The summed E-state index contributed by atoms with van der Waals surface area (Å²) in [4.78, 5) is 5.24. The van der Waals surface area contributed by atoms with Crippen LogP contribution in [-0.4, -0.2) is 62.2 Å². The number of hydrogen-bond acceptors (Lipinski definition) is 3. The summed E-state index contributed by atoms with van der Waals surface area (Å²) in [5.41, 5.74) is 0. The Morgan fingerprint density at radius 3 is 2.07 bits per heavy atom. The highest BCUT2D eigenvalue weighted by Crippen LogP contribution is 2.10. The molecule has 2 fully saturated rings. The molecule has 0 amide bonds. The van der Waals surface area contributed by atoms with Crippen molar-refractivity contribution in [3.63, 3.8) is 0 Å². The molecular formula is C12H25N3. The van der Waals surface area contributed by atoms with Gasteiger partial charge in [-0.05, 0) is 44.9 Å². The van der Waals surface area contributed by atoms with Gasteiger partial charge in [0.25, 0.3) is 0 Å². The van der Waals surface area contributed by atoms with E-state index < -0.39 is 0 Å². The lowest BCUT2D eigenvalue weighted by atomic mass is 9.99. The fourth-order valence-electron chi connectivity index (χ4n) is 2.47. The van der Waals surface area contributed by atoms with Crippen LogP contribution in [0.2, 0.25) is 0 Å². The third-order valence-corrected chi connectivity index (χ3v) is 3.72. The normalized spacial score (nSPS) is 25.4. The summed E-state index contributed by atoms with van der Waals surface area (Å²) < 4.78 is 0. The minimum atomic E-state index is 0.971. The van der Waals surface area contributed by atoms with Gasteiger partial charge in [-0.3, -0.25) is 0 Å². The molecule has 0 bridgehead atoms. The van der Waals surface area contributed by atoms with Gasteiger partial charge in [-0.2, -0.15) is 0 Å². The smallest absolute Gasteiger partial charge is 0.0110 e. The second-order valence-electron chi connectivity index (χ2n) is 5.00. The average molecular weight is 211 g/mol. The molecule has 0 aromatic rings. The zero-order valence-corrected chi connectivity index (χ0v) is 10.0. The molecule has 3 heteroatoms. The molecular weight excluding hydrogens is 186 g/mol. The van der Waals surface area contributed by atoms with Crippen LogP contribution in [0.3, 0.4) is 0 Å². The van der Waals surface area contributed by atoms with Crippen molar-refractivity contribution in [1.82, 2.24) is 15.1 Å². The van der Waals surface area contributed by atoms with E-state index in [1.807, 2.05) is 0 Å². The lowest BCUT2D eigenvalue weighted by Crippen LogP contribution is -2.48. The maximum atomic E-state index is 3.35. The van der Waals surface area contributed by atoms with Crippen LogP contribution in [0.5, 0.6) is 0 Å². The van der Waals surface area contributed by atoms with Gasteiger partial charge >= 0.3 is 0 Å². The number of rotatable bonds is 5. The van der Waals surface area contributed by atoms with Crippen molar-refractivity contribution in [2.45, 2.75) is 19.8 Å². The van der Waals surface area contributed by atoms with Gasteiger partial charge in [0, 0.05) is 26.2 Å². The van der Waals surface area contributed by atoms with Crippen LogP contribution in [-0.2, 0) is 0 Å². The fraction of sp³-hybridized carbons (Fsp3) is 1.00. The first-order valence-corrected chi connectivity index (χ1v) is 6.54. The van der Waals surface area contributed by atoms with E-state index in [1.54, 1.807) is 0 Å². The van der Waals surface area contributed by atoms with Crippen LogP contribution in [0, 0.1) is 5.92 Å². The number of nitrogens with zero attached hydrogens (tertiary/aromatic N) is 2. The number of hydrogen-bond donors (Lipinski definition) is 1. The highest BCUT2D eigenvalue weighted by Gasteiger charge is 2.20. The molecule has 2 saturated heterocycles. The van der Waals surface area contributed by atoms with Crippen molar-refractivity contribution in [3.8, 4) is 0 Å². The molecule has 2 aliphatic heterocycles. The van der Waals surface area contributed by atoms with E-state index in [4.69, 9.17) is 0 Å². The van der Waals surface area contributed by atoms with E-state index in [-0.39, 0.29) is 0 Å². The maximum absolute atomic E-state index is 3.35. The van der Waals surface area contributed by atoms with E-state index >= 15 is 0 Å².